The molecule has 0 spiro atoms. The van der Waals surface area contributed by atoms with Gasteiger partial charge in [-0.3, -0.25) is 0 Å². The molecule has 0 amide bonds. The monoisotopic (exact) mass is 158 g/mol. The molecule has 2 nitrogen and oxygen atoms in total. The van der Waals surface area contributed by atoms with Gasteiger partial charge in [-0.05, 0) is 11.8 Å². The van der Waals surface area contributed by atoms with E-state index in [1.54, 1.807) is 0 Å². The van der Waals surface area contributed by atoms with Crippen molar-refractivity contribution in [2.24, 2.45) is 23.7 Å². The Bertz CT molecular complexity index is 134. The van der Waals surface area contributed by atoms with Crippen LogP contribution in [0.2, 0.25) is 0 Å². The first-order chi connectivity index (χ1) is 4.89. The van der Waals surface area contributed by atoms with E-state index < -0.39 is 5.79 Å². The van der Waals surface area contributed by atoms with Gasteiger partial charge in [0.05, 0.1) is 0 Å². The maximum absolute atomic E-state index is 9.45. The first-order valence-electron chi connectivity index (χ1n) is 4.33. The fourth-order valence-corrected chi connectivity index (χ4v) is 2.22. The topological polar surface area (TPSA) is 40.5 Å². The summed E-state index contributed by atoms with van der Waals surface area (Å²) in [6, 6.07) is 0. The fraction of sp³-hybridized carbons (Fsp3) is 1.00. The summed E-state index contributed by atoms with van der Waals surface area (Å²) in [5.74, 6) is -0.456. The normalized spacial score (nSPS) is 34.9. The van der Waals surface area contributed by atoms with E-state index in [0.29, 0.717) is 11.8 Å². The zero-order chi connectivity index (χ0) is 8.81. The summed E-state index contributed by atoms with van der Waals surface area (Å²) in [5.41, 5.74) is 0. The van der Waals surface area contributed by atoms with Crippen LogP contribution in [0.25, 0.3) is 0 Å². The minimum atomic E-state index is -1.37. The lowest BCUT2D eigenvalue weighted by atomic mass is 10.0. The Kier molecular flexibility index (Phi) is 2.01. The van der Waals surface area contributed by atoms with Crippen molar-refractivity contribution in [2.75, 3.05) is 0 Å². The van der Waals surface area contributed by atoms with Crippen molar-refractivity contribution < 1.29 is 10.2 Å². The van der Waals surface area contributed by atoms with Crippen LogP contribution in [-0.4, -0.2) is 16.0 Å². The Morgan fingerprint density at radius 2 is 1.18 bits per heavy atom. The highest BCUT2D eigenvalue weighted by atomic mass is 16.5. The second-order valence-corrected chi connectivity index (χ2v) is 4.32. The zero-order valence-corrected chi connectivity index (χ0v) is 7.70. The van der Waals surface area contributed by atoms with Crippen molar-refractivity contribution in [3.8, 4) is 0 Å². The van der Waals surface area contributed by atoms with Crippen LogP contribution in [0.4, 0.5) is 0 Å². The summed E-state index contributed by atoms with van der Waals surface area (Å²) in [7, 11) is 0. The predicted octanol–water partition coefficient (Wildman–Crippen LogP) is 1.23. The molecule has 0 aliphatic heterocycles. The minimum absolute atomic E-state index is 0.0856. The quantitative estimate of drug-likeness (QED) is 0.593. The molecular formula is C9H18O2. The second kappa shape index (κ2) is 2.46. The molecule has 2 atom stereocenters. The Hall–Kier alpha value is -0.0800. The van der Waals surface area contributed by atoms with Gasteiger partial charge in [-0.15, -0.1) is 0 Å². The second-order valence-electron chi connectivity index (χ2n) is 4.32. The predicted molar refractivity (Wildman–Crippen MR) is 43.8 cm³/mol. The summed E-state index contributed by atoms with van der Waals surface area (Å²) in [5, 5.41) is 18.9. The van der Waals surface area contributed by atoms with Gasteiger partial charge in [0.1, 0.15) is 0 Å². The van der Waals surface area contributed by atoms with Crippen molar-refractivity contribution in [1.82, 2.24) is 0 Å². The Labute approximate surface area is 68.2 Å². The third kappa shape index (κ3) is 1.30. The first-order valence-corrected chi connectivity index (χ1v) is 4.33. The lowest BCUT2D eigenvalue weighted by molar-refractivity contribution is -0.101. The lowest BCUT2D eigenvalue weighted by Crippen LogP contribution is -2.14. The van der Waals surface area contributed by atoms with Crippen molar-refractivity contribution in [1.29, 1.82) is 0 Å². The number of rotatable bonds is 2. The van der Waals surface area contributed by atoms with Crippen LogP contribution in [0.1, 0.15) is 27.7 Å². The fourth-order valence-electron chi connectivity index (χ4n) is 2.22. The van der Waals surface area contributed by atoms with Gasteiger partial charge in [0.25, 0.3) is 0 Å². The van der Waals surface area contributed by atoms with Gasteiger partial charge in [-0.1, -0.05) is 27.7 Å². The van der Waals surface area contributed by atoms with E-state index in [9.17, 15) is 10.2 Å². The summed E-state index contributed by atoms with van der Waals surface area (Å²) >= 11 is 0. The molecule has 1 rings (SSSR count). The standard InChI is InChI=1S/C9H18O2/c1-5(2)7-8(6(3)4)9(7,10)11/h5-8,10-11H,1-4H3. The Balaban J connectivity index is 2.61. The lowest BCUT2D eigenvalue weighted by Gasteiger charge is -2.02. The molecule has 0 saturated heterocycles. The highest BCUT2D eigenvalue weighted by Gasteiger charge is 2.65. The van der Waals surface area contributed by atoms with Gasteiger partial charge in [0.2, 0.25) is 0 Å². The van der Waals surface area contributed by atoms with Crippen molar-refractivity contribution in [3.63, 3.8) is 0 Å². The van der Waals surface area contributed by atoms with Crippen LogP contribution in [-0.2, 0) is 0 Å². The summed E-state index contributed by atoms with van der Waals surface area (Å²) in [6.45, 7) is 8.14. The molecule has 0 aromatic carbocycles. The maximum Gasteiger partial charge on any atom is 0.169 e. The molecule has 0 radical (unpaired) electrons. The van der Waals surface area contributed by atoms with Crippen molar-refractivity contribution in [2.45, 2.75) is 33.5 Å². The van der Waals surface area contributed by atoms with Gasteiger partial charge >= 0.3 is 0 Å². The molecule has 2 heteroatoms. The molecule has 1 fully saturated rings. The third-order valence-corrected chi connectivity index (χ3v) is 2.70. The number of hydrogen-bond donors (Lipinski definition) is 2. The zero-order valence-electron chi connectivity index (χ0n) is 7.70. The molecule has 1 aliphatic carbocycles. The van der Waals surface area contributed by atoms with E-state index in [1.807, 2.05) is 27.7 Å². The average molecular weight is 158 g/mol. The van der Waals surface area contributed by atoms with Gasteiger partial charge in [0.15, 0.2) is 5.79 Å². The molecule has 1 aliphatic rings. The molecule has 0 heterocycles. The molecule has 66 valence electrons. The van der Waals surface area contributed by atoms with Crippen LogP contribution in [0.5, 0.6) is 0 Å². The first kappa shape index (κ1) is 9.01. The summed E-state index contributed by atoms with van der Waals surface area (Å²) in [6.07, 6.45) is 0. The van der Waals surface area contributed by atoms with Crippen LogP contribution in [0.3, 0.4) is 0 Å². The highest BCUT2D eigenvalue weighted by Crippen LogP contribution is 2.56. The van der Waals surface area contributed by atoms with Crippen LogP contribution >= 0.6 is 0 Å². The third-order valence-electron chi connectivity index (χ3n) is 2.70. The molecule has 2 unspecified atom stereocenters. The molecule has 2 N–H and O–H groups in total. The van der Waals surface area contributed by atoms with E-state index in [2.05, 4.69) is 0 Å². The SMILES string of the molecule is CC(C)C1C(C(C)C)C1(O)O. The van der Waals surface area contributed by atoms with E-state index in [-0.39, 0.29) is 11.8 Å². The van der Waals surface area contributed by atoms with Crippen LogP contribution < -0.4 is 0 Å². The molecule has 11 heavy (non-hydrogen) atoms. The Morgan fingerprint density at radius 3 is 1.27 bits per heavy atom. The van der Waals surface area contributed by atoms with Gasteiger partial charge in [-0.2, -0.15) is 0 Å². The molecule has 0 aromatic heterocycles. The van der Waals surface area contributed by atoms with Crippen LogP contribution in [0, 0.1) is 23.7 Å². The minimum Gasteiger partial charge on any atom is -0.365 e. The van der Waals surface area contributed by atoms with E-state index in [4.69, 9.17) is 0 Å². The Morgan fingerprint density at radius 1 is 0.909 bits per heavy atom. The van der Waals surface area contributed by atoms with Gasteiger partial charge in [-0.25, -0.2) is 0 Å². The molecular weight excluding hydrogens is 140 g/mol. The molecule has 1 saturated carbocycles. The van der Waals surface area contributed by atoms with E-state index in [0.717, 1.165) is 0 Å². The summed E-state index contributed by atoms with van der Waals surface area (Å²) in [4.78, 5) is 0. The maximum atomic E-state index is 9.45. The highest BCUT2D eigenvalue weighted by molar-refractivity contribution is 5.06. The van der Waals surface area contributed by atoms with Gasteiger partial charge in [0, 0.05) is 11.8 Å². The van der Waals surface area contributed by atoms with E-state index in [1.165, 1.54) is 0 Å². The van der Waals surface area contributed by atoms with Crippen molar-refractivity contribution in [3.05, 3.63) is 0 Å². The van der Waals surface area contributed by atoms with Crippen LogP contribution in [0.15, 0.2) is 0 Å². The number of hydrogen-bond acceptors (Lipinski definition) is 2. The molecule has 0 bridgehead atoms. The molecule has 0 aromatic rings. The average Bonchev–Trinajstić information content (AvgIpc) is 2.33. The summed E-state index contributed by atoms with van der Waals surface area (Å²) < 4.78 is 0. The largest absolute Gasteiger partial charge is 0.365 e. The number of aliphatic hydroxyl groups is 2. The van der Waals surface area contributed by atoms with Gasteiger partial charge < -0.3 is 10.2 Å². The van der Waals surface area contributed by atoms with Crippen molar-refractivity contribution >= 4 is 0 Å². The smallest absolute Gasteiger partial charge is 0.169 e. The van der Waals surface area contributed by atoms with E-state index >= 15 is 0 Å².